The summed E-state index contributed by atoms with van der Waals surface area (Å²) in [7, 11) is -3.60. The molecular formula is C14H17N5O3S. The molecule has 122 valence electrons. The van der Waals surface area contributed by atoms with E-state index in [1.165, 1.54) is 12.1 Å². The topological polar surface area (TPSA) is 133 Å². The number of sulfone groups is 1. The lowest BCUT2D eigenvalue weighted by Gasteiger charge is -2.15. The first-order valence-electron chi connectivity index (χ1n) is 6.61. The summed E-state index contributed by atoms with van der Waals surface area (Å²) in [5.74, 6) is -0.455. The van der Waals surface area contributed by atoms with E-state index in [0.717, 1.165) is 6.26 Å². The first-order chi connectivity index (χ1) is 10.6. The number of aromatic nitrogens is 2. The van der Waals surface area contributed by atoms with Gasteiger partial charge in [0.2, 0.25) is 0 Å². The van der Waals surface area contributed by atoms with E-state index in [1.807, 2.05) is 0 Å². The fourth-order valence-electron chi connectivity index (χ4n) is 2.38. The van der Waals surface area contributed by atoms with Crippen molar-refractivity contribution in [3.05, 3.63) is 41.5 Å². The van der Waals surface area contributed by atoms with E-state index in [9.17, 15) is 13.2 Å². The zero-order chi connectivity index (χ0) is 17.4. The molecule has 0 aliphatic carbocycles. The molecule has 0 aliphatic heterocycles. The monoisotopic (exact) mass is 335 g/mol. The van der Waals surface area contributed by atoms with E-state index in [2.05, 4.69) is 9.98 Å². The Morgan fingerprint density at radius 2 is 1.91 bits per heavy atom. The molecule has 8 nitrogen and oxygen atoms in total. The second-order valence-electron chi connectivity index (χ2n) is 5.04. The fourth-order valence-corrected chi connectivity index (χ4v) is 3.59. The van der Waals surface area contributed by atoms with Crippen molar-refractivity contribution in [2.45, 2.75) is 18.7 Å². The molecule has 0 bridgehead atoms. The van der Waals surface area contributed by atoms with Gasteiger partial charge >= 0.3 is 0 Å². The SMILES string of the molecule is Cc1c(C(=O)N=C(N)N)ccc(-n2ccnc2C)c1S(C)(=O)=O. The van der Waals surface area contributed by atoms with E-state index in [1.54, 1.807) is 30.8 Å². The molecule has 1 aromatic carbocycles. The smallest absolute Gasteiger partial charge is 0.280 e. The summed E-state index contributed by atoms with van der Waals surface area (Å²) in [6.07, 6.45) is 4.30. The molecule has 2 rings (SSSR count). The molecule has 1 amide bonds. The molecule has 0 saturated heterocycles. The van der Waals surface area contributed by atoms with Crippen LogP contribution in [-0.4, -0.2) is 36.1 Å². The van der Waals surface area contributed by atoms with Crippen molar-refractivity contribution >= 4 is 21.7 Å². The van der Waals surface area contributed by atoms with Crippen LogP contribution < -0.4 is 11.5 Å². The highest BCUT2D eigenvalue weighted by Gasteiger charge is 2.23. The molecular weight excluding hydrogens is 318 g/mol. The van der Waals surface area contributed by atoms with Crippen LogP contribution in [0.4, 0.5) is 0 Å². The number of amides is 1. The Labute approximate surface area is 133 Å². The molecule has 0 radical (unpaired) electrons. The van der Waals surface area contributed by atoms with Crippen molar-refractivity contribution in [3.8, 4) is 5.69 Å². The number of hydrogen-bond acceptors (Lipinski definition) is 4. The molecule has 0 spiro atoms. The largest absolute Gasteiger partial charge is 0.370 e. The first-order valence-corrected chi connectivity index (χ1v) is 8.50. The maximum absolute atomic E-state index is 12.2. The number of rotatable bonds is 3. The van der Waals surface area contributed by atoms with Crippen molar-refractivity contribution < 1.29 is 13.2 Å². The Morgan fingerprint density at radius 1 is 1.26 bits per heavy atom. The van der Waals surface area contributed by atoms with E-state index >= 15 is 0 Å². The molecule has 0 fully saturated rings. The number of aryl methyl sites for hydroxylation is 1. The number of hydrogen-bond donors (Lipinski definition) is 2. The van der Waals surface area contributed by atoms with Crippen LogP contribution in [-0.2, 0) is 9.84 Å². The van der Waals surface area contributed by atoms with E-state index in [0.29, 0.717) is 11.5 Å². The van der Waals surface area contributed by atoms with Crippen LogP contribution in [0, 0.1) is 13.8 Å². The number of aliphatic imine (C=N–C) groups is 1. The van der Waals surface area contributed by atoms with Gasteiger partial charge in [-0.25, -0.2) is 13.4 Å². The number of carbonyl (C=O) groups excluding carboxylic acids is 1. The maximum Gasteiger partial charge on any atom is 0.280 e. The van der Waals surface area contributed by atoms with Crippen LogP contribution >= 0.6 is 0 Å². The molecule has 2 aromatic rings. The zero-order valence-electron chi connectivity index (χ0n) is 12.9. The van der Waals surface area contributed by atoms with Gasteiger partial charge in [-0.05, 0) is 31.5 Å². The van der Waals surface area contributed by atoms with Crippen LogP contribution in [0.25, 0.3) is 5.69 Å². The Bertz CT molecular complexity index is 908. The van der Waals surface area contributed by atoms with Crippen LogP contribution in [0.15, 0.2) is 34.4 Å². The Hall–Kier alpha value is -2.68. The lowest BCUT2D eigenvalue weighted by Crippen LogP contribution is -2.24. The Kier molecular flexibility index (Phi) is 4.24. The van der Waals surface area contributed by atoms with Gasteiger partial charge in [0.05, 0.1) is 10.6 Å². The van der Waals surface area contributed by atoms with Crippen molar-refractivity contribution in [1.82, 2.24) is 9.55 Å². The van der Waals surface area contributed by atoms with Crippen molar-refractivity contribution in [3.63, 3.8) is 0 Å². The molecule has 1 heterocycles. The Morgan fingerprint density at radius 3 is 2.39 bits per heavy atom. The summed E-state index contributed by atoms with van der Waals surface area (Å²) in [5, 5.41) is 0. The lowest BCUT2D eigenvalue weighted by atomic mass is 10.1. The van der Waals surface area contributed by atoms with Crippen LogP contribution in [0.3, 0.4) is 0 Å². The Balaban J connectivity index is 2.79. The predicted molar refractivity (Wildman–Crippen MR) is 86.3 cm³/mol. The normalized spacial score (nSPS) is 11.3. The summed E-state index contributed by atoms with van der Waals surface area (Å²) in [4.78, 5) is 19.6. The van der Waals surface area contributed by atoms with Crippen molar-refractivity contribution in [2.75, 3.05) is 6.26 Å². The minimum Gasteiger partial charge on any atom is -0.370 e. The van der Waals surface area contributed by atoms with Gasteiger partial charge in [-0.15, -0.1) is 0 Å². The molecule has 4 N–H and O–H groups in total. The van der Waals surface area contributed by atoms with Gasteiger partial charge in [-0.2, -0.15) is 4.99 Å². The second kappa shape index (κ2) is 5.84. The van der Waals surface area contributed by atoms with Crippen molar-refractivity contribution in [2.24, 2.45) is 16.5 Å². The number of carbonyl (C=O) groups is 1. The van der Waals surface area contributed by atoms with E-state index in [4.69, 9.17) is 11.5 Å². The summed E-state index contributed by atoms with van der Waals surface area (Å²) < 4.78 is 26.1. The third-order valence-electron chi connectivity index (χ3n) is 3.30. The second-order valence-corrected chi connectivity index (χ2v) is 7.00. The van der Waals surface area contributed by atoms with Crippen LogP contribution in [0.5, 0.6) is 0 Å². The fraction of sp³-hybridized carbons (Fsp3) is 0.214. The summed E-state index contributed by atoms with van der Waals surface area (Å²) in [6, 6.07) is 3.03. The molecule has 9 heteroatoms. The zero-order valence-corrected chi connectivity index (χ0v) is 13.8. The van der Waals surface area contributed by atoms with Gasteiger partial charge in [0.25, 0.3) is 5.91 Å². The number of nitrogens with two attached hydrogens (primary N) is 2. The molecule has 23 heavy (non-hydrogen) atoms. The quantitative estimate of drug-likeness (QED) is 0.612. The number of benzene rings is 1. The molecule has 0 saturated carbocycles. The summed E-state index contributed by atoms with van der Waals surface area (Å²) >= 11 is 0. The average Bonchev–Trinajstić information content (AvgIpc) is 2.81. The summed E-state index contributed by atoms with van der Waals surface area (Å²) in [6.45, 7) is 3.29. The van der Waals surface area contributed by atoms with Gasteiger partial charge in [0.15, 0.2) is 15.8 Å². The molecule has 0 unspecified atom stereocenters. The number of imidazole rings is 1. The number of nitrogens with zero attached hydrogens (tertiary/aromatic N) is 3. The predicted octanol–water partition coefficient (Wildman–Crippen LogP) is 0.306. The third-order valence-corrected chi connectivity index (χ3v) is 4.56. The van der Waals surface area contributed by atoms with Gasteiger partial charge in [-0.1, -0.05) is 0 Å². The summed E-state index contributed by atoms with van der Waals surface area (Å²) in [5.41, 5.74) is 11.2. The molecule has 0 aliphatic rings. The highest BCUT2D eigenvalue weighted by atomic mass is 32.2. The molecule has 1 aromatic heterocycles. The van der Waals surface area contributed by atoms with Crippen molar-refractivity contribution in [1.29, 1.82) is 0 Å². The van der Waals surface area contributed by atoms with Gasteiger partial charge in [-0.3, -0.25) is 4.79 Å². The van der Waals surface area contributed by atoms with Crippen LogP contribution in [0.2, 0.25) is 0 Å². The van der Waals surface area contributed by atoms with Gasteiger partial charge < -0.3 is 16.0 Å². The average molecular weight is 335 g/mol. The lowest BCUT2D eigenvalue weighted by molar-refractivity contribution is 0.100. The van der Waals surface area contributed by atoms with Gasteiger partial charge in [0, 0.05) is 24.2 Å². The minimum absolute atomic E-state index is 0.0373. The maximum atomic E-state index is 12.2. The highest BCUT2D eigenvalue weighted by Crippen LogP contribution is 2.28. The van der Waals surface area contributed by atoms with E-state index in [-0.39, 0.29) is 22.0 Å². The first kappa shape index (κ1) is 16.7. The third kappa shape index (κ3) is 3.24. The van der Waals surface area contributed by atoms with Gasteiger partial charge in [0.1, 0.15) is 5.82 Å². The standard InChI is InChI=1S/C14H17N5O3S/c1-8-10(13(20)18-14(15)16)4-5-11(12(8)23(3,21)22)19-7-6-17-9(19)2/h4-7H,1-3H3,(H4,15,16,18,20). The van der Waals surface area contributed by atoms with E-state index < -0.39 is 15.7 Å². The highest BCUT2D eigenvalue weighted by molar-refractivity contribution is 7.90. The van der Waals surface area contributed by atoms with Crippen LogP contribution in [0.1, 0.15) is 21.7 Å². The molecule has 0 atom stereocenters. The minimum atomic E-state index is -3.60. The number of guanidine groups is 1.